The van der Waals surface area contributed by atoms with Gasteiger partial charge in [0, 0.05) is 31.5 Å². The van der Waals surface area contributed by atoms with Crippen LogP contribution in [0.5, 0.6) is 5.75 Å². The second-order valence-electron chi connectivity index (χ2n) is 7.61. The molecule has 0 spiro atoms. The number of nitrogens with zero attached hydrogens (tertiary/aromatic N) is 3. The summed E-state index contributed by atoms with van der Waals surface area (Å²) in [4.78, 5) is 23.3. The number of rotatable bonds is 6. The van der Waals surface area contributed by atoms with E-state index < -0.39 is 0 Å². The van der Waals surface area contributed by atoms with Crippen molar-refractivity contribution in [2.75, 3.05) is 18.0 Å². The van der Waals surface area contributed by atoms with Gasteiger partial charge >= 0.3 is 0 Å². The number of anilines is 1. The van der Waals surface area contributed by atoms with Crippen LogP contribution in [-0.4, -0.2) is 35.0 Å². The number of nitrogens with one attached hydrogen (secondary N) is 1. The maximum atomic E-state index is 12.6. The summed E-state index contributed by atoms with van der Waals surface area (Å²) in [5, 5.41) is 3.07. The van der Waals surface area contributed by atoms with E-state index in [1.165, 1.54) is 5.56 Å². The minimum atomic E-state index is -0.192. The average molecular weight is 406 g/mol. The highest BCUT2D eigenvalue weighted by Crippen LogP contribution is 2.21. The Labute approximate surface area is 176 Å². The van der Waals surface area contributed by atoms with E-state index in [-0.39, 0.29) is 18.6 Å². The van der Waals surface area contributed by atoms with Crippen molar-refractivity contribution in [3.8, 4) is 5.75 Å². The highest BCUT2D eigenvalue weighted by atomic mass is 16.5. The molecule has 3 heterocycles. The maximum absolute atomic E-state index is 12.6. The van der Waals surface area contributed by atoms with Crippen LogP contribution in [0.2, 0.25) is 0 Å². The van der Waals surface area contributed by atoms with E-state index in [0.29, 0.717) is 11.5 Å². The third-order valence-corrected chi connectivity index (χ3v) is 5.25. The fourth-order valence-corrected chi connectivity index (χ4v) is 3.62. The molecule has 0 unspecified atom stereocenters. The molecule has 0 aliphatic carbocycles. The lowest BCUT2D eigenvalue weighted by Gasteiger charge is -2.32. The normalized spacial score (nSPS) is 14.5. The predicted octanol–water partition coefficient (Wildman–Crippen LogP) is 3.66. The van der Waals surface area contributed by atoms with Crippen LogP contribution in [0.15, 0.2) is 53.2 Å². The molecule has 0 bridgehead atoms. The molecule has 0 radical (unpaired) electrons. The van der Waals surface area contributed by atoms with E-state index >= 15 is 0 Å². The second-order valence-corrected chi connectivity index (χ2v) is 7.61. The van der Waals surface area contributed by atoms with Crippen LogP contribution in [0.4, 0.5) is 5.95 Å². The monoisotopic (exact) mass is 406 g/mol. The molecule has 3 aromatic rings. The first-order valence-corrected chi connectivity index (χ1v) is 10.2. The van der Waals surface area contributed by atoms with E-state index in [9.17, 15) is 4.79 Å². The number of carbonyl (C=O) groups is 1. The summed E-state index contributed by atoms with van der Waals surface area (Å²) in [6, 6.07) is 11.4. The van der Waals surface area contributed by atoms with Crippen molar-refractivity contribution in [1.29, 1.82) is 0 Å². The summed E-state index contributed by atoms with van der Waals surface area (Å²) >= 11 is 0. The van der Waals surface area contributed by atoms with Crippen LogP contribution in [0.3, 0.4) is 0 Å². The standard InChI is InChI=1S/C23H26N4O3/c1-16-4-6-20(17(2)14-16)29-15-19-5-7-21(30-19)22(28)26-18-8-12-27(13-9-18)23-24-10-3-11-25-23/h3-7,10-11,14,18H,8-9,12-13,15H2,1-2H3,(H,26,28). The quantitative estimate of drug-likeness (QED) is 0.673. The first-order valence-electron chi connectivity index (χ1n) is 10.2. The SMILES string of the molecule is Cc1ccc(OCc2ccc(C(=O)NC3CCN(c4ncccn4)CC3)o2)c(C)c1. The first kappa shape index (κ1) is 19.9. The van der Waals surface area contributed by atoms with Gasteiger partial charge in [0.25, 0.3) is 5.91 Å². The largest absolute Gasteiger partial charge is 0.485 e. The zero-order valence-corrected chi connectivity index (χ0v) is 17.3. The zero-order chi connectivity index (χ0) is 20.9. The van der Waals surface area contributed by atoms with E-state index in [1.54, 1.807) is 30.6 Å². The molecule has 2 aromatic heterocycles. The molecule has 0 atom stereocenters. The Balaban J connectivity index is 1.27. The third kappa shape index (κ3) is 4.79. The molecule has 1 fully saturated rings. The number of benzene rings is 1. The van der Waals surface area contributed by atoms with Gasteiger partial charge in [0.1, 0.15) is 18.1 Å². The van der Waals surface area contributed by atoms with Crippen molar-refractivity contribution in [2.24, 2.45) is 0 Å². The molecular weight excluding hydrogens is 380 g/mol. The molecule has 156 valence electrons. The fourth-order valence-electron chi connectivity index (χ4n) is 3.62. The lowest BCUT2D eigenvalue weighted by Crippen LogP contribution is -2.45. The molecule has 1 amide bonds. The first-order chi connectivity index (χ1) is 14.6. The number of hydrogen-bond acceptors (Lipinski definition) is 6. The van der Waals surface area contributed by atoms with Gasteiger partial charge in [-0.2, -0.15) is 0 Å². The Hall–Kier alpha value is -3.35. The number of aryl methyl sites for hydroxylation is 2. The Morgan fingerprint density at radius 2 is 1.93 bits per heavy atom. The highest BCUT2D eigenvalue weighted by molar-refractivity contribution is 5.91. The van der Waals surface area contributed by atoms with Gasteiger partial charge in [-0.3, -0.25) is 4.79 Å². The number of ether oxygens (including phenoxy) is 1. The maximum Gasteiger partial charge on any atom is 0.287 e. The lowest BCUT2D eigenvalue weighted by molar-refractivity contribution is 0.0898. The molecular formula is C23H26N4O3. The van der Waals surface area contributed by atoms with Gasteiger partial charge in [-0.25, -0.2) is 9.97 Å². The summed E-state index contributed by atoms with van der Waals surface area (Å²) in [7, 11) is 0. The van der Waals surface area contributed by atoms with Crippen LogP contribution in [-0.2, 0) is 6.61 Å². The highest BCUT2D eigenvalue weighted by Gasteiger charge is 2.23. The van der Waals surface area contributed by atoms with Crippen LogP contribution >= 0.6 is 0 Å². The molecule has 30 heavy (non-hydrogen) atoms. The number of hydrogen-bond donors (Lipinski definition) is 1. The van der Waals surface area contributed by atoms with Crippen LogP contribution in [0, 0.1) is 13.8 Å². The molecule has 1 aliphatic heterocycles. The molecule has 7 heteroatoms. The lowest BCUT2D eigenvalue weighted by atomic mass is 10.1. The Morgan fingerprint density at radius 3 is 2.67 bits per heavy atom. The van der Waals surface area contributed by atoms with Gasteiger partial charge in [-0.15, -0.1) is 0 Å². The van der Waals surface area contributed by atoms with Crippen molar-refractivity contribution < 1.29 is 13.9 Å². The number of piperidine rings is 1. The number of aromatic nitrogens is 2. The molecule has 1 aliphatic rings. The number of amides is 1. The Morgan fingerprint density at radius 1 is 1.17 bits per heavy atom. The van der Waals surface area contributed by atoms with Crippen LogP contribution in [0.25, 0.3) is 0 Å². The van der Waals surface area contributed by atoms with Gasteiger partial charge in [0.05, 0.1) is 0 Å². The van der Waals surface area contributed by atoms with E-state index in [0.717, 1.165) is 43.2 Å². The van der Waals surface area contributed by atoms with Crippen molar-refractivity contribution in [1.82, 2.24) is 15.3 Å². The van der Waals surface area contributed by atoms with Crippen molar-refractivity contribution >= 4 is 11.9 Å². The van der Waals surface area contributed by atoms with E-state index in [4.69, 9.17) is 9.15 Å². The minimum absolute atomic E-state index is 0.109. The van der Waals surface area contributed by atoms with Gasteiger partial charge in [0.15, 0.2) is 5.76 Å². The topological polar surface area (TPSA) is 80.5 Å². The van der Waals surface area contributed by atoms with Gasteiger partial charge < -0.3 is 19.4 Å². The third-order valence-electron chi connectivity index (χ3n) is 5.25. The Bertz CT molecular complexity index is 995. The summed E-state index contributed by atoms with van der Waals surface area (Å²) in [6.45, 7) is 5.96. The average Bonchev–Trinajstić information content (AvgIpc) is 3.24. The van der Waals surface area contributed by atoms with E-state index in [2.05, 4.69) is 26.3 Å². The fraction of sp³-hybridized carbons (Fsp3) is 0.348. The predicted molar refractivity (Wildman–Crippen MR) is 114 cm³/mol. The number of carbonyl (C=O) groups excluding carboxylic acids is 1. The molecule has 1 N–H and O–H groups in total. The molecule has 4 rings (SSSR count). The van der Waals surface area contributed by atoms with Crippen LogP contribution < -0.4 is 15.0 Å². The summed E-state index contributed by atoms with van der Waals surface area (Å²) in [5.41, 5.74) is 2.27. The van der Waals surface area contributed by atoms with Crippen molar-refractivity contribution in [3.05, 3.63) is 71.4 Å². The Kier molecular flexibility index (Phi) is 5.97. The second kappa shape index (κ2) is 8.98. The minimum Gasteiger partial charge on any atom is -0.485 e. The summed E-state index contributed by atoms with van der Waals surface area (Å²) in [5.74, 6) is 2.29. The van der Waals surface area contributed by atoms with Crippen molar-refractivity contribution in [3.63, 3.8) is 0 Å². The number of furan rings is 1. The van der Waals surface area contributed by atoms with E-state index in [1.807, 2.05) is 26.0 Å². The molecule has 1 aromatic carbocycles. The van der Waals surface area contributed by atoms with Gasteiger partial charge in [-0.1, -0.05) is 17.7 Å². The van der Waals surface area contributed by atoms with Crippen molar-refractivity contribution in [2.45, 2.75) is 39.3 Å². The smallest absolute Gasteiger partial charge is 0.287 e. The van der Waals surface area contributed by atoms with Gasteiger partial charge in [-0.05, 0) is 56.5 Å². The van der Waals surface area contributed by atoms with Crippen LogP contribution in [0.1, 0.15) is 40.3 Å². The summed E-state index contributed by atoms with van der Waals surface area (Å²) < 4.78 is 11.5. The summed E-state index contributed by atoms with van der Waals surface area (Å²) in [6.07, 6.45) is 5.17. The molecule has 7 nitrogen and oxygen atoms in total. The zero-order valence-electron chi connectivity index (χ0n) is 17.3. The molecule has 0 saturated carbocycles. The van der Waals surface area contributed by atoms with Gasteiger partial charge in [0.2, 0.25) is 5.95 Å². The molecule has 1 saturated heterocycles.